The maximum absolute atomic E-state index is 13.1. The Morgan fingerprint density at radius 2 is 1.86 bits per heavy atom. The van der Waals surface area contributed by atoms with E-state index < -0.39 is 11.5 Å². The molecule has 0 unspecified atom stereocenters. The highest BCUT2D eigenvalue weighted by Gasteiger charge is 2.20. The van der Waals surface area contributed by atoms with Crippen LogP contribution in [0.25, 0.3) is 5.69 Å². The average molecular weight is 397 g/mol. The van der Waals surface area contributed by atoms with Crippen LogP contribution in [-0.4, -0.2) is 30.5 Å². The lowest BCUT2D eigenvalue weighted by atomic mass is 10.1. The molecule has 0 fully saturated rings. The number of rotatable bonds is 5. The second-order valence-electron chi connectivity index (χ2n) is 5.92. The van der Waals surface area contributed by atoms with E-state index in [1.54, 1.807) is 54.9 Å². The summed E-state index contributed by atoms with van der Waals surface area (Å²) < 4.78 is 6.69. The summed E-state index contributed by atoms with van der Waals surface area (Å²) in [6.45, 7) is 1.69. The van der Waals surface area contributed by atoms with Gasteiger partial charge in [0.15, 0.2) is 0 Å². The van der Waals surface area contributed by atoms with Crippen molar-refractivity contribution in [3.8, 4) is 11.4 Å². The Kier molecular flexibility index (Phi) is 5.60. The van der Waals surface area contributed by atoms with Gasteiger partial charge in [-0.05, 0) is 42.1 Å². The van der Waals surface area contributed by atoms with Crippen molar-refractivity contribution in [2.24, 2.45) is 0 Å². The number of methoxy groups -OCH3 is 1. The molecule has 0 spiro atoms. The summed E-state index contributed by atoms with van der Waals surface area (Å²) in [6, 6.07) is 10.4. The summed E-state index contributed by atoms with van der Waals surface area (Å²) in [5.41, 5.74) is 0.957. The molecule has 0 aliphatic rings. The molecule has 2 aromatic heterocycles. The van der Waals surface area contributed by atoms with Gasteiger partial charge >= 0.3 is 0 Å². The highest BCUT2D eigenvalue weighted by atomic mass is 32.1. The molecule has 28 heavy (non-hydrogen) atoms. The van der Waals surface area contributed by atoms with E-state index in [1.165, 1.54) is 30.1 Å². The van der Waals surface area contributed by atoms with Gasteiger partial charge < -0.3 is 15.4 Å². The van der Waals surface area contributed by atoms with Gasteiger partial charge in [-0.3, -0.25) is 19.0 Å². The van der Waals surface area contributed by atoms with Crippen molar-refractivity contribution in [2.45, 2.75) is 6.92 Å². The van der Waals surface area contributed by atoms with Gasteiger partial charge in [0.2, 0.25) is 0 Å². The number of carbonyl (C=O) groups excluding carboxylic acids is 2. The van der Waals surface area contributed by atoms with Gasteiger partial charge in [0.05, 0.1) is 18.5 Å². The number of hydrogen-bond donors (Lipinski definition) is 2. The van der Waals surface area contributed by atoms with E-state index in [-0.39, 0.29) is 11.5 Å². The number of anilines is 1. The number of carbonyl (C=O) groups is 2. The van der Waals surface area contributed by atoms with Gasteiger partial charge in [-0.1, -0.05) is 12.1 Å². The molecule has 0 aliphatic carbocycles. The predicted octanol–water partition coefficient (Wildman–Crippen LogP) is 2.83. The minimum Gasteiger partial charge on any atom is -0.495 e. The van der Waals surface area contributed by atoms with Gasteiger partial charge in [-0.15, -0.1) is 11.3 Å². The predicted molar refractivity (Wildman–Crippen MR) is 109 cm³/mol. The molecule has 2 heterocycles. The summed E-state index contributed by atoms with van der Waals surface area (Å²) >= 11 is 1.21. The Balaban J connectivity index is 2.03. The number of nitrogens with one attached hydrogen (secondary N) is 2. The fourth-order valence-electron chi connectivity index (χ4n) is 2.80. The molecular formula is C20H19N3O4S. The SMILES string of the molecule is CNC(=O)c1sccc1NC(=O)c1c(C)ccn(-c2ccccc2OC)c1=O. The number of aromatic nitrogens is 1. The third-order valence-electron chi connectivity index (χ3n) is 4.22. The highest BCUT2D eigenvalue weighted by molar-refractivity contribution is 7.12. The van der Waals surface area contributed by atoms with Crippen LogP contribution in [0.2, 0.25) is 0 Å². The normalized spacial score (nSPS) is 10.4. The molecular weight excluding hydrogens is 378 g/mol. The molecule has 2 amide bonds. The number of para-hydroxylation sites is 2. The van der Waals surface area contributed by atoms with Crippen LogP contribution in [0.1, 0.15) is 25.6 Å². The largest absolute Gasteiger partial charge is 0.495 e. The number of pyridine rings is 1. The van der Waals surface area contributed by atoms with E-state index in [9.17, 15) is 14.4 Å². The van der Waals surface area contributed by atoms with E-state index in [1.807, 2.05) is 0 Å². The van der Waals surface area contributed by atoms with E-state index >= 15 is 0 Å². The lowest BCUT2D eigenvalue weighted by Gasteiger charge is -2.13. The Morgan fingerprint density at radius 1 is 1.11 bits per heavy atom. The fourth-order valence-corrected chi connectivity index (χ4v) is 3.60. The molecule has 0 radical (unpaired) electrons. The lowest BCUT2D eigenvalue weighted by molar-refractivity contribution is 0.0968. The first-order valence-electron chi connectivity index (χ1n) is 8.44. The maximum Gasteiger partial charge on any atom is 0.268 e. The van der Waals surface area contributed by atoms with Crippen LogP contribution in [0, 0.1) is 6.92 Å². The first-order chi connectivity index (χ1) is 13.5. The second kappa shape index (κ2) is 8.10. The van der Waals surface area contributed by atoms with Crippen LogP contribution in [0.5, 0.6) is 5.75 Å². The molecule has 1 aromatic carbocycles. The summed E-state index contributed by atoms with van der Waals surface area (Å²) in [5.74, 6) is -0.364. The Bertz CT molecular complexity index is 1100. The van der Waals surface area contributed by atoms with Crippen molar-refractivity contribution in [1.82, 2.24) is 9.88 Å². The number of amides is 2. The van der Waals surface area contributed by atoms with Crippen LogP contribution in [0.15, 0.2) is 52.8 Å². The third-order valence-corrected chi connectivity index (χ3v) is 5.13. The van der Waals surface area contributed by atoms with Crippen LogP contribution < -0.4 is 20.9 Å². The monoisotopic (exact) mass is 397 g/mol. The van der Waals surface area contributed by atoms with Crippen LogP contribution >= 0.6 is 11.3 Å². The number of thiophene rings is 1. The number of hydrogen-bond acceptors (Lipinski definition) is 5. The number of nitrogens with zero attached hydrogens (tertiary/aromatic N) is 1. The molecule has 8 heteroatoms. The van der Waals surface area contributed by atoms with E-state index in [0.717, 1.165) is 0 Å². The summed E-state index contributed by atoms with van der Waals surface area (Å²) in [6.07, 6.45) is 1.60. The van der Waals surface area contributed by atoms with Crippen LogP contribution in [0.3, 0.4) is 0 Å². The molecule has 3 aromatic rings. The first kappa shape index (κ1) is 19.4. The smallest absolute Gasteiger partial charge is 0.268 e. The standard InChI is InChI=1S/C20H19N3O4S/c1-12-8-10-23(14-6-4-5-7-15(14)27-3)20(26)16(12)18(24)22-13-9-11-28-17(13)19(25)21-2/h4-11H,1-3H3,(H,21,25)(H,22,24). The fraction of sp³-hybridized carbons (Fsp3) is 0.150. The molecule has 0 aliphatic heterocycles. The van der Waals surface area contributed by atoms with Crippen LogP contribution in [0.4, 0.5) is 5.69 Å². The zero-order valence-corrected chi connectivity index (χ0v) is 16.4. The van der Waals surface area contributed by atoms with Crippen molar-refractivity contribution >= 4 is 28.8 Å². The number of aryl methyl sites for hydroxylation is 1. The van der Waals surface area contributed by atoms with E-state index in [4.69, 9.17) is 4.74 Å². The van der Waals surface area contributed by atoms with E-state index in [0.29, 0.717) is 27.6 Å². The average Bonchev–Trinajstić information content (AvgIpc) is 3.15. The molecule has 0 bridgehead atoms. The molecule has 2 N–H and O–H groups in total. The third kappa shape index (κ3) is 3.54. The first-order valence-corrected chi connectivity index (χ1v) is 9.32. The van der Waals surface area contributed by atoms with Gasteiger partial charge in [-0.2, -0.15) is 0 Å². The summed E-state index contributed by atoms with van der Waals surface area (Å²) in [5, 5.41) is 6.90. The van der Waals surface area contributed by atoms with Crippen molar-refractivity contribution in [3.05, 3.63) is 74.3 Å². The Hall–Kier alpha value is -3.39. The van der Waals surface area contributed by atoms with E-state index in [2.05, 4.69) is 10.6 Å². The molecule has 7 nitrogen and oxygen atoms in total. The topological polar surface area (TPSA) is 89.4 Å². The zero-order valence-electron chi connectivity index (χ0n) is 15.6. The van der Waals surface area contributed by atoms with Crippen LogP contribution in [-0.2, 0) is 0 Å². The minimum absolute atomic E-state index is 0.00228. The zero-order chi connectivity index (χ0) is 20.3. The van der Waals surface area contributed by atoms with Gasteiger partial charge in [0, 0.05) is 13.2 Å². The lowest BCUT2D eigenvalue weighted by Crippen LogP contribution is -2.30. The Morgan fingerprint density at radius 3 is 2.57 bits per heavy atom. The summed E-state index contributed by atoms with van der Waals surface area (Å²) in [7, 11) is 3.03. The number of ether oxygens (including phenoxy) is 1. The molecule has 0 saturated heterocycles. The molecule has 0 atom stereocenters. The molecule has 3 rings (SSSR count). The second-order valence-corrected chi connectivity index (χ2v) is 6.83. The number of benzene rings is 1. The van der Waals surface area contributed by atoms with Crippen molar-refractivity contribution < 1.29 is 14.3 Å². The quantitative estimate of drug-likeness (QED) is 0.693. The molecule has 0 saturated carbocycles. The maximum atomic E-state index is 13.1. The van der Waals surface area contributed by atoms with Gasteiger partial charge in [0.1, 0.15) is 16.2 Å². The van der Waals surface area contributed by atoms with Crippen molar-refractivity contribution in [2.75, 3.05) is 19.5 Å². The van der Waals surface area contributed by atoms with Crippen molar-refractivity contribution in [3.63, 3.8) is 0 Å². The highest BCUT2D eigenvalue weighted by Crippen LogP contribution is 2.24. The minimum atomic E-state index is -0.574. The summed E-state index contributed by atoms with van der Waals surface area (Å²) in [4.78, 5) is 38.2. The van der Waals surface area contributed by atoms with Gasteiger partial charge in [0.25, 0.3) is 17.4 Å². The Labute approximate surface area is 165 Å². The molecule has 144 valence electrons. The van der Waals surface area contributed by atoms with Crippen molar-refractivity contribution in [1.29, 1.82) is 0 Å². The van der Waals surface area contributed by atoms with Gasteiger partial charge in [-0.25, -0.2) is 0 Å².